The van der Waals surface area contributed by atoms with Gasteiger partial charge in [0.25, 0.3) is 5.91 Å². The van der Waals surface area contributed by atoms with Crippen LogP contribution in [0.5, 0.6) is 5.75 Å². The zero-order chi connectivity index (χ0) is 35.9. The maximum absolute atomic E-state index is 14.4. The lowest BCUT2D eigenvalue weighted by Gasteiger charge is -2.46. The number of urea groups is 1. The fraction of sp³-hybridized carbons (Fsp3) is 0.590. The molecule has 3 aliphatic carbocycles. The van der Waals surface area contributed by atoms with Gasteiger partial charge in [0.2, 0.25) is 6.43 Å². The Morgan fingerprint density at radius 2 is 2.06 bits per heavy atom. The number of nitrogens with zero attached hydrogens (tertiary/aromatic N) is 2. The SMILES string of the molecule is CO[C@H]1/C=C/C[C@H](C)CS(=O)(NC(=O)N[C@@H]2C[C@H]2CC(F)F)=NC(=O)c2ccc3c(c2)N(C[C@@H]2CC[C@H]21)C[C@@]1(CCCc2cc(C)ccc21)CO3. The number of carbonyl (C=O) groups is 2. The fourth-order valence-electron chi connectivity index (χ4n) is 8.78. The quantitative estimate of drug-likeness (QED) is 0.323. The molecule has 1 unspecified atom stereocenters. The number of rotatable bonds is 5. The van der Waals surface area contributed by atoms with Crippen LogP contribution < -0.4 is 19.7 Å². The summed E-state index contributed by atoms with van der Waals surface area (Å²) in [5.41, 5.74) is 4.78. The molecule has 2 aliphatic heterocycles. The molecule has 9 nitrogen and oxygen atoms in total. The first-order valence-corrected chi connectivity index (χ1v) is 20.1. The molecule has 2 N–H and O–H groups in total. The molecule has 2 bridgehead atoms. The molecule has 2 saturated carbocycles. The first-order valence-electron chi connectivity index (χ1n) is 18.4. The van der Waals surface area contributed by atoms with Crippen LogP contribution in [0.1, 0.15) is 78.9 Å². The molecule has 276 valence electrons. The molecule has 2 aromatic carbocycles. The van der Waals surface area contributed by atoms with Crippen LogP contribution in [0.2, 0.25) is 0 Å². The van der Waals surface area contributed by atoms with Crippen LogP contribution in [-0.2, 0) is 26.5 Å². The number of carbonyl (C=O) groups excluding carboxylic acids is 2. The molecule has 3 amide bonds. The normalized spacial score (nSPS) is 33.8. The first kappa shape index (κ1) is 35.9. The molecular weight excluding hydrogens is 675 g/mol. The second-order valence-corrected chi connectivity index (χ2v) is 17.6. The molecule has 2 fully saturated rings. The average Bonchev–Trinajstić information content (AvgIpc) is 3.81. The van der Waals surface area contributed by atoms with Gasteiger partial charge in [-0.1, -0.05) is 42.8 Å². The van der Waals surface area contributed by atoms with E-state index in [1.807, 2.05) is 19.1 Å². The molecule has 0 aromatic heterocycles. The van der Waals surface area contributed by atoms with Crippen molar-refractivity contribution < 1.29 is 32.1 Å². The Bertz CT molecular complexity index is 1810. The number of allylic oxidation sites excluding steroid dienone is 1. The number of ether oxygens (including phenoxy) is 2. The summed E-state index contributed by atoms with van der Waals surface area (Å²) in [4.78, 5) is 29.3. The van der Waals surface area contributed by atoms with Crippen molar-refractivity contribution in [3.8, 4) is 5.75 Å². The number of benzene rings is 2. The summed E-state index contributed by atoms with van der Waals surface area (Å²) in [6, 6.07) is 10.8. The maximum atomic E-state index is 14.4. The van der Waals surface area contributed by atoms with Crippen molar-refractivity contribution >= 4 is 27.5 Å². The highest BCUT2D eigenvalue weighted by atomic mass is 32.2. The zero-order valence-corrected chi connectivity index (χ0v) is 30.6. The Morgan fingerprint density at radius 1 is 1.22 bits per heavy atom. The van der Waals surface area contributed by atoms with E-state index in [2.05, 4.69) is 50.5 Å². The van der Waals surface area contributed by atoms with Crippen LogP contribution in [0.4, 0.5) is 19.3 Å². The monoisotopic (exact) mass is 724 g/mol. The van der Waals surface area contributed by atoms with E-state index in [-0.39, 0.29) is 41.1 Å². The van der Waals surface area contributed by atoms with E-state index in [4.69, 9.17) is 9.47 Å². The summed E-state index contributed by atoms with van der Waals surface area (Å²) in [7, 11) is -1.85. The number of methoxy groups -OCH3 is 1. The number of hydrogen-bond donors (Lipinski definition) is 2. The van der Waals surface area contributed by atoms with Gasteiger partial charge in [0.1, 0.15) is 15.7 Å². The van der Waals surface area contributed by atoms with Gasteiger partial charge in [0, 0.05) is 43.6 Å². The molecular formula is C39H50F2N4O5S. The van der Waals surface area contributed by atoms with Crippen LogP contribution in [-0.4, -0.2) is 67.3 Å². The van der Waals surface area contributed by atoms with Crippen LogP contribution in [0.15, 0.2) is 52.9 Å². The summed E-state index contributed by atoms with van der Waals surface area (Å²) < 4.78 is 59.4. The van der Waals surface area contributed by atoms with E-state index in [0.29, 0.717) is 37.0 Å². The van der Waals surface area contributed by atoms with Crippen molar-refractivity contribution in [1.29, 1.82) is 0 Å². The number of anilines is 1. The first-order chi connectivity index (χ1) is 24.4. The van der Waals surface area contributed by atoms with Gasteiger partial charge in [-0.15, -0.1) is 4.36 Å². The molecule has 51 heavy (non-hydrogen) atoms. The second-order valence-electron chi connectivity index (χ2n) is 15.6. The average molecular weight is 725 g/mol. The Balaban J connectivity index is 1.24. The minimum Gasteiger partial charge on any atom is -0.490 e. The molecule has 8 atom stereocenters. The fourth-order valence-corrected chi connectivity index (χ4v) is 10.6. The summed E-state index contributed by atoms with van der Waals surface area (Å²) in [6.45, 7) is 6.05. The standard InChI is InChI=1S/C39H50F2N4O5S/c1-24-9-13-31-26(16-24)7-5-15-39(31)22-45-20-28-10-12-30(28)34(49-3)8-4-6-25(2)21-51(48,44-38(47)42-32-17-29(32)19-36(40)41)43-37(46)27-11-14-35(50-23-39)33(45)18-27/h4,8-9,11,13-14,16,18,25,28-30,32,34,36H,5-7,10,12,15,17,19-23H2,1-3H3,(H2,42,43,44,46,47,48)/b8-4+/t25-,28-,29-,30+,32+,34-,39-,51?/m0/s1. The van der Waals surface area contributed by atoms with Gasteiger partial charge in [-0.25, -0.2) is 17.8 Å². The topological polar surface area (TPSA) is 109 Å². The maximum Gasteiger partial charge on any atom is 0.327 e. The number of nitrogens with one attached hydrogen (secondary N) is 2. The van der Waals surface area contributed by atoms with Crippen molar-refractivity contribution in [2.75, 3.05) is 37.5 Å². The smallest absolute Gasteiger partial charge is 0.327 e. The van der Waals surface area contributed by atoms with Gasteiger partial charge in [0.05, 0.1) is 24.2 Å². The lowest BCUT2D eigenvalue weighted by atomic mass is 9.68. The second kappa shape index (κ2) is 14.5. The third-order valence-corrected chi connectivity index (χ3v) is 13.7. The Morgan fingerprint density at radius 3 is 2.82 bits per heavy atom. The van der Waals surface area contributed by atoms with Gasteiger partial charge in [-0.05, 0) is 105 Å². The molecule has 7 rings (SSSR count). The highest BCUT2D eigenvalue weighted by molar-refractivity contribution is 7.92. The third-order valence-electron chi connectivity index (χ3n) is 11.7. The van der Waals surface area contributed by atoms with Crippen molar-refractivity contribution in [3.05, 3.63) is 70.8 Å². The molecule has 2 aromatic rings. The molecule has 0 saturated heterocycles. The van der Waals surface area contributed by atoms with Crippen LogP contribution in [0.25, 0.3) is 0 Å². The molecule has 2 heterocycles. The summed E-state index contributed by atoms with van der Waals surface area (Å²) in [6.07, 6.45) is 7.50. The van der Waals surface area contributed by atoms with E-state index < -0.39 is 34.3 Å². The van der Waals surface area contributed by atoms with E-state index in [1.54, 1.807) is 19.2 Å². The largest absolute Gasteiger partial charge is 0.490 e. The minimum absolute atomic E-state index is 0.0626. The molecule has 5 aliphatic rings. The summed E-state index contributed by atoms with van der Waals surface area (Å²) >= 11 is 0. The van der Waals surface area contributed by atoms with Gasteiger partial charge >= 0.3 is 6.03 Å². The summed E-state index contributed by atoms with van der Waals surface area (Å²) in [5.74, 6) is 0.113. The van der Waals surface area contributed by atoms with Crippen molar-refractivity contribution in [2.45, 2.75) is 89.2 Å². The van der Waals surface area contributed by atoms with Crippen LogP contribution in [0, 0.1) is 30.6 Å². The molecule has 12 heteroatoms. The van der Waals surface area contributed by atoms with Gasteiger partial charge in [0.15, 0.2) is 0 Å². The molecule has 0 radical (unpaired) electrons. The highest BCUT2D eigenvalue weighted by Gasteiger charge is 2.45. The van der Waals surface area contributed by atoms with Crippen molar-refractivity contribution in [3.63, 3.8) is 0 Å². The Labute approximate surface area is 300 Å². The predicted molar refractivity (Wildman–Crippen MR) is 194 cm³/mol. The number of fused-ring (bicyclic) bond motifs is 4. The lowest BCUT2D eigenvalue weighted by molar-refractivity contribution is 0.0131. The number of hydrogen-bond acceptors (Lipinski definition) is 6. The number of amides is 3. The van der Waals surface area contributed by atoms with Crippen molar-refractivity contribution in [1.82, 2.24) is 10.0 Å². The van der Waals surface area contributed by atoms with Crippen LogP contribution >= 0.6 is 0 Å². The van der Waals surface area contributed by atoms with E-state index >= 15 is 0 Å². The third kappa shape index (κ3) is 7.82. The van der Waals surface area contributed by atoms with Gasteiger partial charge in [-0.2, -0.15) is 0 Å². The van der Waals surface area contributed by atoms with E-state index in [0.717, 1.165) is 50.9 Å². The minimum atomic E-state index is -3.60. The van der Waals surface area contributed by atoms with Gasteiger partial charge < -0.3 is 19.7 Å². The van der Waals surface area contributed by atoms with E-state index in [9.17, 15) is 22.6 Å². The lowest BCUT2D eigenvalue weighted by Crippen LogP contribution is -2.49. The van der Waals surface area contributed by atoms with Crippen molar-refractivity contribution in [2.24, 2.45) is 28.0 Å². The number of alkyl halides is 2. The zero-order valence-electron chi connectivity index (χ0n) is 29.7. The number of halogens is 2. The highest BCUT2D eigenvalue weighted by Crippen LogP contribution is 2.47. The summed E-state index contributed by atoms with van der Waals surface area (Å²) in [5, 5.41) is 2.65. The predicted octanol–water partition coefficient (Wildman–Crippen LogP) is 6.97. The van der Waals surface area contributed by atoms with Gasteiger partial charge in [-0.3, -0.25) is 9.52 Å². The Hall–Kier alpha value is -3.51. The molecule has 1 spiro atoms. The number of aryl methyl sites for hydroxylation is 2. The Kier molecular flexibility index (Phi) is 10.2. The van der Waals surface area contributed by atoms with Crippen LogP contribution in [0.3, 0.4) is 0 Å². The van der Waals surface area contributed by atoms with E-state index in [1.165, 1.54) is 16.7 Å².